The molecule has 7 heteroatoms. The largest absolute Gasteiger partial charge is 0.573 e. The van der Waals surface area contributed by atoms with Crippen LogP contribution in [0.5, 0.6) is 5.75 Å². The summed E-state index contributed by atoms with van der Waals surface area (Å²) in [6, 6.07) is 6.16. The van der Waals surface area contributed by atoms with Gasteiger partial charge in [-0.15, -0.1) is 24.5 Å². The molecule has 1 aromatic heterocycles. The number of ether oxygens (including phenoxy) is 1. The highest BCUT2D eigenvalue weighted by molar-refractivity contribution is 7.10. The predicted octanol–water partition coefficient (Wildman–Crippen LogP) is 4.42. The van der Waals surface area contributed by atoms with E-state index >= 15 is 0 Å². The van der Waals surface area contributed by atoms with Crippen molar-refractivity contribution in [2.24, 2.45) is 0 Å². The summed E-state index contributed by atoms with van der Waals surface area (Å²) in [7, 11) is 0. The van der Waals surface area contributed by atoms with Gasteiger partial charge in [-0.3, -0.25) is 0 Å². The Kier molecular flexibility index (Phi) is 4.25. The Hall–Kier alpha value is -1.73. The molecule has 2 N–H and O–H groups in total. The van der Waals surface area contributed by atoms with Gasteiger partial charge in [-0.1, -0.05) is 0 Å². The van der Waals surface area contributed by atoms with E-state index in [2.05, 4.69) is 10.1 Å². The summed E-state index contributed by atoms with van der Waals surface area (Å²) in [6.07, 6.45) is -4.55. The second-order valence-corrected chi connectivity index (χ2v) is 6.57. The second-order valence-electron chi connectivity index (χ2n) is 5.63. The Balaban J connectivity index is 1.89. The van der Waals surface area contributed by atoms with Gasteiger partial charge in [-0.05, 0) is 54.1 Å². The molecule has 124 valence electrons. The zero-order chi connectivity index (χ0) is 16.6. The molecule has 0 fully saturated rings. The molecule has 3 rings (SSSR count). The van der Waals surface area contributed by atoms with E-state index in [0.717, 1.165) is 16.1 Å². The van der Waals surface area contributed by atoms with Crippen molar-refractivity contribution in [3.63, 3.8) is 0 Å². The highest BCUT2D eigenvalue weighted by atomic mass is 32.1. The first kappa shape index (κ1) is 16.1. The minimum atomic E-state index is -4.72. The number of fused-ring (bicyclic) bond motifs is 1. The fourth-order valence-corrected chi connectivity index (χ4v) is 3.84. The molecule has 0 unspecified atom stereocenters. The topological polar surface area (TPSA) is 41.5 Å². The maximum absolute atomic E-state index is 12.3. The lowest BCUT2D eigenvalue weighted by molar-refractivity contribution is -0.274. The molecule has 0 aliphatic carbocycles. The Morgan fingerprint density at radius 2 is 2.09 bits per heavy atom. The van der Waals surface area contributed by atoms with E-state index in [4.69, 9.17) is 0 Å². The number of aliphatic hydroxyl groups is 1. The van der Waals surface area contributed by atoms with Crippen LogP contribution in [0.15, 0.2) is 29.6 Å². The van der Waals surface area contributed by atoms with Crippen LogP contribution in [0.4, 0.5) is 18.9 Å². The number of benzene rings is 1. The average molecular weight is 343 g/mol. The Bertz CT molecular complexity index is 699. The lowest BCUT2D eigenvalue weighted by Gasteiger charge is -2.19. The number of rotatable bonds is 2. The van der Waals surface area contributed by atoms with Crippen LogP contribution in [-0.4, -0.2) is 17.6 Å². The van der Waals surface area contributed by atoms with Gasteiger partial charge < -0.3 is 15.2 Å². The molecule has 23 heavy (non-hydrogen) atoms. The molecule has 3 nitrogen and oxygen atoms in total. The molecule has 1 aliphatic rings. The van der Waals surface area contributed by atoms with E-state index in [9.17, 15) is 18.3 Å². The third-order valence-electron chi connectivity index (χ3n) is 3.82. The summed E-state index contributed by atoms with van der Waals surface area (Å²) < 4.78 is 41.0. The molecule has 0 radical (unpaired) electrons. The minimum Gasteiger partial charge on any atom is -0.406 e. The zero-order valence-corrected chi connectivity index (χ0v) is 13.2. The lowest BCUT2D eigenvalue weighted by atomic mass is 10.0. The van der Waals surface area contributed by atoms with Crippen LogP contribution in [-0.2, 0) is 6.42 Å². The van der Waals surface area contributed by atoms with Gasteiger partial charge in [-0.25, -0.2) is 0 Å². The van der Waals surface area contributed by atoms with Gasteiger partial charge in [0.1, 0.15) is 5.75 Å². The van der Waals surface area contributed by atoms with Crippen LogP contribution in [0.25, 0.3) is 0 Å². The Labute approximate surface area is 135 Å². The van der Waals surface area contributed by atoms with E-state index in [-0.39, 0.29) is 18.2 Å². The van der Waals surface area contributed by atoms with Crippen LogP contribution in [0.2, 0.25) is 0 Å². The quantitative estimate of drug-likeness (QED) is 0.848. The van der Waals surface area contributed by atoms with Crippen LogP contribution in [0, 0.1) is 6.92 Å². The van der Waals surface area contributed by atoms with Gasteiger partial charge in [0.2, 0.25) is 0 Å². The summed E-state index contributed by atoms with van der Waals surface area (Å²) >= 11 is 1.61. The van der Waals surface area contributed by atoms with Gasteiger partial charge >= 0.3 is 6.36 Å². The smallest absolute Gasteiger partial charge is 0.406 e. The van der Waals surface area contributed by atoms with Crippen molar-refractivity contribution in [3.8, 4) is 5.75 Å². The number of aliphatic hydroxyl groups excluding tert-OH is 1. The minimum absolute atomic E-state index is 0.0550. The Morgan fingerprint density at radius 1 is 1.30 bits per heavy atom. The number of anilines is 1. The first-order valence-corrected chi connectivity index (χ1v) is 8.07. The van der Waals surface area contributed by atoms with Gasteiger partial charge in [0.05, 0.1) is 12.1 Å². The van der Waals surface area contributed by atoms with E-state index in [1.807, 2.05) is 18.4 Å². The van der Waals surface area contributed by atoms with Gasteiger partial charge in [0.15, 0.2) is 0 Å². The average Bonchev–Trinajstić information content (AvgIpc) is 2.77. The standard InChI is InChI=1S/C16H16F3NO2S/c1-9-4-5-23-15(9)14-8-11(21)6-10-7-12(22-16(17,18)19)2-3-13(10)20-14/h2-5,7,11,14,20-21H,6,8H2,1H3/t11-,14+/m1/s1. The van der Waals surface area contributed by atoms with Gasteiger partial charge in [0, 0.05) is 17.0 Å². The fourth-order valence-electron chi connectivity index (χ4n) is 2.85. The molecule has 1 aromatic carbocycles. The van der Waals surface area contributed by atoms with Gasteiger partial charge in [0.25, 0.3) is 0 Å². The summed E-state index contributed by atoms with van der Waals surface area (Å²) in [5.74, 6) is -0.268. The zero-order valence-electron chi connectivity index (χ0n) is 12.4. The summed E-state index contributed by atoms with van der Waals surface area (Å²) in [5.41, 5.74) is 2.49. The molecule has 2 heterocycles. The van der Waals surface area contributed by atoms with Crippen LogP contribution >= 0.6 is 11.3 Å². The summed E-state index contributed by atoms with van der Waals surface area (Å²) in [5, 5.41) is 15.5. The highest BCUT2D eigenvalue weighted by Crippen LogP contribution is 2.37. The van der Waals surface area contributed by atoms with Crippen LogP contribution in [0.3, 0.4) is 0 Å². The first-order chi connectivity index (χ1) is 10.8. The number of aryl methyl sites for hydroxylation is 1. The third kappa shape index (κ3) is 3.79. The van der Waals surface area contributed by atoms with Crippen molar-refractivity contribution in [1.29, 1.82) is 0 Å². The third-order valence-corrected chi connectivity index (χ3v) is 4.95. The molecule has 0 amide bonds. The molecule has 2 aromatic rings. The SMILES string of the molecule is Cc1ccsc1[C@@H]1C[C@H](O)Cc2cc(OC(F)(F)F)ccc2N1. The molecule has 2 atom stereocenters. The van der Waals surface area contributed by atoms with Crippen molar-refractivity contribution in [2.45, 2.75) is 38.3 Å². The lowest BCUT2D eigenvalue weighted by Crippen LogP contribution is -2.17. The van der Waals surface area contributed by atoms with Gasteiger partial charge in [-0.2, -0.15) is 0 Å². The number of alkyl halides is 3. The van der Waals surface area contributed by atoms with Crippen molar-refractivity contribution < 1.29 is 23.0 Å². The first-order valence-electron chi connectivity index (χ1n) is 7.19. The van der Waals surface area contributed by atoms with Crippen LogP contribution in [0.1, 0.15) is 28.5 Å². The Morgan fingerprint density at radius 3 is 2.74 bits per heavy atom. The maximum Gasteiger partial charge on any atom is 0.573 e. The van der Waals surface area contributed by atoms with E-state index in [0.29, 0.717) is 12.0 Å². The van der Waals surface area contributed by atoms with E-state index < -0.39 is 12.5 Å². The van der Waals surface area contributed by atoms with Crippen molar-refractivity contribution in [2.75, 3.05) is 5.32 Å². The van der Waals surface area contributed by atoms with E-state index in [1.165, 1.54) is 12.1 Å². The predicted molar refractivity (Wildman–Crippen MR) is 82.9 cm³/mol. The van der Waals surface area contributed by atoms with E-state index in [1.54, 1.807) is 17.4 Å². The highest BCUT2D eigenvalue weighted by Gasteiger charge is 2.32. The van der Waals surface area contributed by atoms with Crippen molar-refractivity contribution in [3.05, 3.63) is 45.6 Å². The summed E-state index contributed by atoms with van der Waals surface area (Å²) in [6.45, 7) is 2.01. The monoisotopic (exact) mass is 343 g/mol. The molecule has 0 bridgehead atoms. The number of halogens is 3. The molecule has 0 saturated heterocycles. The van der Waals surface area contributed by atoms with Crippen molar-refractivity contribution in [1.82, 2.24) is 0 Å². The number of nitrogens with one attached hydrogen (secondary N) is 1. The molecule has 1 aliphatic heterocycles. The number of hydrogen-bond acceptors (Lipinski definition) is 4. The normalized spacial score (nSPS) is 21.3. The second kappa shape index (κ2) is 6.05. The number of hydrogen-bond donors (Lipinski definition) is 2. The molecule has 0 saturated carbocycles. The molecular formula is C16H16F3NO2S. The molecular weight excluding hydrogens is 327 g/mol. The van der Waals surface area contributed by atoms with Crippen molar-refractivity contribution >= 4 is 17.0 Å². The summed E-state index contributed by atoms with van der Waals surface area (Å²) in [4.78, 5) is 1.13. The number of thiophene rings is 1. The molecule has 0 spiro atoms. The van der Waals surface area contributed by atoms with Crippen LogP contribution < -0.4 is 10.1 Å². The fraction of sp³-hybridized carbons (Fsp3) is 0.375. The maximum atomic E-state index is 12.3.